The number of hydrogen-bond acceptors (Lipinski definition) is 2. The maximum Gasteiger partial charge on any atom is 0.119 e. The number of aryl methyl sites for hydroxylation is 1. The van der Waals surface area contributed by atoms with Crippen molar-refractivity contribution in [1.29, 1.82) is 0 Å². The van der Waals surface area contributed by atoms with Crippen molar-refractivity contribution < 1.29 is 4.74 Å². The highest BCUT2D eigenvalue weighted by Crippen LogP contribution is 2.34. The summed E-state index contributed by atoms with van der Waals surface area (Å²) in [5.74, 6) is 1.51. The molecule has 0 spiro atoms. The molecule has 2 aromatic rings. The molecular formula is C25H29NO. The van der Waals surface area contributed by atoms with Crippen LogP contribution in [0, 0.1) is 5.92 Å². The Morgan fingerprint density at radius 2 is 1.89 bits per heavy atom. The second kappa shape index (κ2) is 8.04. The van der Waals surface area contributed by atoms with E-state index in [9.17, 15) is 0 Å². The fraction of sp³-hybridized carbons (Fsp3) is 0.360. The van der Waals surface area contributed by atoms with Crippen LogP contribution in [0.3, 0.4) is 0 Å². The van der Waals surface area contributed by atoms with Gasteiger partial charge in [0, 0.05) is 13.1 Å². The molecule has 0 bridgehead atoms. The van der Waals surface area contributed by atoms with Crippen LogP contribution in [-0.4, -0.2) is 24.6 Å². The molecule has 140 valence electrons. The van der Waals surface area contributed by atoms with Gasteiger partial charge in [-0.25, -0.2) is 0 Å². The number of allylic oxidation sites excluding steroid dienone is 1. The van der Waals surface area contributed by atoms with E-state index in [0.717, 1.165) is 44.7 Å². The molecular weight excluding hydrogens is 330 g/mol. The van der Waals surface area contributed by atoms with Gasteiger partial charge < -0.3 is 9.64 Å². The largest absolute Gasteiger partial charge is 0.493 e. The maximum absolute atomic E-state index is 6.13. The van der Waals surface area contributed by atoms with E-state index >= 15 is 0 Å². The summed E-state index contributed by atoms with van der Waals surface area (Å²) >= 11 is 0. The van der Waals surface area contributed by atoms with Crippen LogP contribution in [0.4, 0.5) is 0 Å². The lowest BCUT2D eigenvalue weighted by Crippen LogP contribution is -2.27. The standard InChI is InChI=1S/C25H29NO/c1-19(15-21-7-4-3-5-8-21)18-27-24-11-12-25-20(2)23(10-9-22(25)16-24)17-26-13-6-14-26/h3-8,11-13,16,19H,9-10,14-15,17-18H2,1-2H3. The summed E-state index contributed by atoms with van der Waals surface area (Å²) in [5, 5.41) is 0. The van der Waals surface area contributed by atoms with Gasteiger partial charge in [0.1, 0.15) is 5.75 Å². The molecule has 0 radical (unpaired) electrons. The average Bonchev–Trinajstić information content (AvgIpc) is 2.65. The van der Waals surface area contributed by atoms with Crippen LogP contribution < -0.4 is 4.74 Å². The first-order valence-corrected chi connectivity index (χ1v) is 10.1. The third-order valence-electron chi connectivity index (χ3n) is 5.72. The van der Waals surface area contributed by atoms with Gasteiger partial charge in [0.15, 0.2) is 0 Å². The first-order valence-electron chi connectivity index (χ1n) is 10.1. The zero-order valence-corrected chi connectivity index (χ0v) is 16.4. The molecule has 1 aliphatic carbocycles. The lowest BCUT2D eigenvalue weighted by Gasteiger charge is -2.30. The van der Waals surface area contributed by atoms with E-state index in [-0.39, 0.29) is 0 Å². The van der Waals surface area contributed by atoms with E-state index in [1.165, 1.54) is 22.3 Å². The predicted octanol–water partition coefficient (Wildman–Crippen LogP) is 5.49. The Labute approximate surface area is 163 Å². The number of rotatable bonds is 7. The number of benzene rings is 2. The molecule has 1 aliphatic heterocycles. The zero-order chi connectivity index (χ0) is 18.6. The van der Waals surface area contributed by atoms with Crippen LogP contribution in [0.25, 0.3) is 5.57 Å². The fourth-order valence-electron chi connectivity index (χ4n) is 4.02. The highest BCUT2D eigenvalue weighted by atomic mass is 16.5. The Kier molecular flexibility index (Phi) is 5.33. The van der Waals surface area contributed by atoms with Gasteiger partial charge in [-0.15, -0.1) is 0 Å². The van der Waals surface area contributed by atoms with Crippen LogP contribution >= 0.6 is 0 Å². The van der Waals surface area contributed by atoms with E-state index in [4.69, 9.17) is 4.74 Å². The summed E-state index contributed by atoms with van der Waals surface area (Å²) in [6.07, 6.45) is 7.76. The van der Waals surface area contributed by atoms with Crippen molar-refractivity contribution in [3.05, 3.63) is 83.1 Å². The van der Waals surface area contributed by atoms with Gasteiger partial charge in [-0.05, 0) is 84.3 Å². The van der Waals surface area contributed by atoms with E-state index in [1.807, 2.05) is 0 Å². The number of ether oxygens (including phenoxy) is 1. The molecule has 4 rings (SSSR count). The van der Waals surface area contributed by atoms with Gasteiger partial charge in [0.05, 0.1) is 6.61 Å². The minimum Gasteiger partial charge on any atom is -0.493 e. The lowest BCUT2D eigenvalue weighted by molar-refractivity contribution is 0.259. The second-order valence-corrected chi connectivity index (χ2v) is 7.97. The van der Waals surface area contributed by atoms with Crippen LogP contribution in [0.1, 0.15) is 37.0 Å². The molecule has 0 fully saturated rings. The average molecular weight is 360 g/mol. The Morgan fingerprint density at radius 3 is 2.63 bits per heavy atom. The minimum atomic E-state index is 0.501. The Balaban J connectivity index is 1.38. The number of hydrogen-bond donors (Lipinski definition) is 0. The van der Waals surface area contributed by atoms with E-state index in [2.05, 4.69) is 79.6 Å². The van der Waals surface area contributed by atoms with Crippen LogP contribution in [0.15, 0.2) is 66.4 Å². The minimum absolute atomic E-state index is 0.501. The molecule has 2 heteroatoms. The quantitative estimate of drug-likeness (QED) is 0.648. The number of nitrogens with zero attached hydrogens (tertiary/aromatic N) is 1. The van der Waals surface area contributed by atoms with Gasteiger partial charge in [0.2, 0.25) is 0 Å². The first-order chi connectivity index (χ1) is 13.2. The van der Waals surface area contributed by atoms with Crippen molar-refractivity contribution in [2.45, 2.75) is 33.1 Å². The van der Waals surface area contributed by atoms with E-state index in [0.29, 0.717) is 5.92 Å². The van der Waals surface area contributed by atoms with Gasteiger partial charge in [0.25, 0.3) is 0 Å². The molecule has 2 aliphatic rings. The van der Waals surface area contributed by atoms with Gasteiger partial charge in [-0.3, -0.25) is 0 Å². The molecule has 0 saturated carbocycles. The van der Waals surface area contributed by atoms with Gasteiger partial charge in [-0.1, -0.05) is 43.3 Å². The summed E-state index contributed by atoms with van der Waals surface area (Å²) in [6.45, 7) is 7.47. The summed E-state index contributed by atoms with van der Waals surface area (Å²) < 4.78 is 6.13. The second-order valence-electron chi connectivity index (χ2n) is 7.97. The molecule has 0 amide bonds. The molecule has 0 saturated heterocycles. The zero-order valence-electron chi connectivity index (χ0n) is 16.4. The van der Waals surface area contributed by atoms with Crippen LogP contribution in [-0.2, 0) is 12.8 Å². The number of fused-ring (bicyclic) bond motifs is 1. The Hall–Kier alpha value is -2.48. The van der Waals surface area contributed by atoms with Crippen molar-refractivity contribution in [2.24, 2.45) is 5.92 Å². The maximum atomic E-state index is 6.13. The molecule has 2 nitrogen and oxygen atoms in total. The van der Waals surface area contributed by atoms with Crippen molar-refractivity contribution in [1.82, 2.24) is 4.90 Å². The van der Waals surface area contributed by atoms with E-state index in [1.54, 1.807) is 5.57 Å². The predicted molar refractivity (Wildman–Crippen MR) is 113 cm³/mol. The summed E-state index contributed by atoms with van der Waals surface area (Å²) in [4.78, 5) is 2.38. The highest BCUT2D eigenvalue weighted by Gasteiger charge is 2.19. The van der Waals surface area contributed by atoms with Gasteiger partial charge in [-0.2, -0.15) is 0 Å². The molecule has 27 heavy (non-hydrogen) atoms. The molecule has 0 N–H and O–H groups in total. The fourth-order valence-corrected chi connectivity index (χ4v) is 4.02. The third kappa shape index (κ3) is 4.27. The van der Waals surface area contributed by atoms with Crippen molar-refractivity contribution >= 4 is 5.57 Å². The summed E-state index contributed by atoms with van der Waals surface area (Å²) in [6, 6.07) is 17.3. The van der Waals surface area contributed by atoms with Crippen LogP contribution in [0.2, 0.25) is 0 Å². The SMILES string of the molecule is CC1=C(CN2C=CC2)CCc2cc(OCC(C)Cc3ccccc3)ccc21. The molecule has 0 aromatic heterocycles. The topological polar surface area (TPSA) is 12.5 Å². The highest BCUT2D eigenvalue weighted by molar-refractivity contribution is 5.72. The monoisotopic (exact) mass is 359 g/mol. The van der Waals surface area contributed by atoms with Gasteiger partial charge >= 0.3 is 0 Å². The third-order valence-corrected chi connectivity index (χ3v) is 5.72. The lowest BCUT2D eigenvalue weighted by atomic mass is 9.86. The first kappa shape index (κ1) is 17.9. The normalized spacial score (nSPS) is 16.7. The Morgan fingerprint density at radius 1 is 1.07 bits per heavy atom. The summed E-state index contributed by atoms with van der Waals surface area (Å²) in [5.41, 5.74) is 7.26. The van der Waals surface area contributed by atoms with Crippen molar-refractivity contribution in [2.75, 3.05) is 19.7 Å². The van der Waals surface area contributed by atoms with Crippen molar-refractivity contribution in [3.63, 3.8) is 0 Å². The van der Waals surface area contributed by atoms with Crippen molar-refractivity contribution in [3.8, 4) is 5.75 Å². The van der Waals surface area contributed by atoms with Crippen LogP contribution in [0.5, 0.6) is 5.75 Å². The Bertz CT molecular complexity index is 850. The van der Waals surface area contributed by atoms with E-state index < -0.39 is 0 Å². The smallest absolute Gasteiger partial charge is 0.119 e. The molecule has 1 heterocycles. The molecule has 1 unspecified atom stereocenters. The molecule has 1 atom stereocenters. The summed E-state index contributed by atoms with van der Waals surface area (Å²) in [7, 11) is 0. The molecule has 2 aromatic carbocycles.